The van der Waals surface area contributed by atoms with Gasteiger partial charge in [0.1, 0.15) is 0 Å². The SMILES string of the molecule is O=C(NCc1cccc(CN2CCCCCC2)c1)C1CCN(Cc2nc(-c3ccc(Cl)cc3Cl)no2)CC1. The number of likely N-dealkylation sites (tertiary alicyclic amines) is 2. The molecule has 0 atom stereocenters. The van der Waals surface area contributed by atoms with Crippen molar-refractivity contribution in [2.24, 2.45) is 5.92 Å². The van der Waals surface area contributed by atoms with Crippen molar-refractivity contribution in [2.75, 3.05) is 26.2 Å². The molecule has 0 unspecified atom stereocenters. The summed E-state index contributed by atoms with van der Waals surface area (Å²) in [5, 5.41) is 8.29. The van der Waals surface area contributed by atoms with E-state index in [1.807, 2.05) is 0 Å². The molecule has 1 aromatic heterocycles. The van der Waals surface area contributed by atoms with Crippen LogP contribution in [-0.4, -0.2) is 52.0 Å². The molecule has 2 saturated heterocycles. The Morgan fingerprint density at radius 1 is 0.921 bits per heavy atom. The van der Waals surface area contributed by atoms with Crippen molar-refractivity contribution in [3.05, 3.63) is 69.5 Å². The van der Waals surface area contributed by atoms with Crippen LogP contribution >= 0.6 is 23.2 Å². The molecule has 7 nitrogen and oxygen atoms in total. The first-order chi connectivity index (χ1) is 18.5. The second-order valence-corrected chi connectivity index (χ2v) is 11.3. The lowest BCUT2D eigenvalue weighted by atomic mass is 9.96. The molecule has 1 amide bonds. The molecule has 0 radical (unpaired) electrons. The van der Waals surface area contributed by atoms with Crippen molar-refractivity contribution < 1.29 is 9.32 Å². The van der Waals surface area contributed by atoms with Crippen molar-refractivity contribution in [3.8, 4) is 11.4 Å². The molecule has 2 aliphatic rings. The Morgan fingerprint density at radius 2 is 1.66 bits per heavy atom. The van der Waals surface area contributed by atoms with Crippen LogP contribution in [0.4, 0.5) is 0 Å². The third kappa shape index (κ3) is 7.35. The maximum absolute atomic E-state index is 12.9. The van der Waals surface area contributed by atoms with Gasteiger partial charge in [0.05, 0.1) is 11.6 Å². The molecule has 9 heteroatoms. The lowest BCUT2D eigenvalue weighted by molar-refractivity contribution is -0.126. The zero-order chi connectivity index (χ0) is 26.3. The lowest BCUT2D eigenvalue weighted by Gasteiger charge is -2.30. The van der Waals surface area contributed by atoms with Crippen LogP contribution < -0.4 is 5.32 Å². The molecule has 0 bridgehead atoms. The second-order valence-electron chi connectivity index (χ2n) is 10.4. The van der Waals surface area contributed by atoms with Crippen LogP contribution in [0.2, 0.25) is 10.0 Å². The van der Waals surface area contributed by atoms with Gasteiger partial charge in [-0.05, 0) is 81.2 Å². The molecule has 38 heavy (non-hydrogen) atoms. The molecular formula is C29H35Cl2N5O2. The van der Waals surface area contributed by atoms with E-state index in [9.17, 15) is 4.79 Å². The van der Waals surface area contributed by atoms with Gasteiger partial charge in [0.25, 0.3) is 0 Å². The summed E-state index contributed by atoms with van der Waals surface area (Å²) in [4.78, 5) is 22.2. The van der Waals surface area contributed by atoms with E-state index >= 15 is 0 Å². The monoisotopic (exact) mass is 555 g/mol. The molecule has 3 heterocycles. The number of rotatable bonds is 8. The van der Waals surface area contributed by atoms with Crippen LogP contribution in [0.5, 0.6) is 0 Å². The van der Waals surface area contributed by atoms with Gasteiger partial charge in [-0.15, -0.1) is 0 Å². The van der Waals surface area contributed by atoms with Crippen LogP contribution in [0.1, 0.15) is 55.5 Å². The molecule has 2 aliphatic heterocycles. The fourth-order valence-electron chi connectivity index (χ4n) is 5.37. The minimum atomic E-state index is 0.0256. The van der Waals surface area contributed by atoms with E-state index in [1.165, 1.54) is 44.3 Å². The van der Waals surface area contributed by atoms with Gasteiger partial charge in [0, 0.05) is 29.6 Å². The lowest BCUT2D eigenvalue weighted by Crippen LogP contribution is -2.40. The number of benzene rings is 2. The number of piperidine rings is 1. The summed E-state index contributed by atoms with van der Waals surface area (Å²) in [7, 11) is 0. The molecule has 0 spiro atoms. The minimum Gasteiger partial charge on any atom is -0.352 e. The highest BCUT2D eigenvalue weighted by molar-refractivity contribution is 6.36. The number of carbonyl (C=O) groups is 1. The van der Waals surface area contributed by atoms with E-state index < -0.39 is 0 Å². The van der Waals surface area contributed by atoms with E-state index in [0.29, 0.717) is 40.4 Å². The smallest absolute Gasteiger partial charge is 0.241 e. The van der Waals surface area contributed by atoms with Gasteiger partial charge in [-0.25, -0.2) is 0 Å². The molecule has 2 aromatic carbocycles. The molecule has 1 N–H and O–H groups in total. The van der Waals surface area contributed by atoms with Crippen molar-refractivity contribution in [1.29, 1.82) is 0 Å². The van der Waals surface area contributed by atoms with Crippen LogP contribution in [0, 0.1) is 5.92 Å². The van der Waals surface area contributed by atoms with E-state index in [2.05, 4.69) is 49.5 Å². The number of amides is 1. The zero-order valence-corrected chi connectivity index (χ0v) is 23.2. The topological polar surface area (TPSA) is 74.5 Å². The maximum Gasteiger partial charge on any atom is 0.241 e. The average Bonchev–Trinajstić information content (AvgIpc) is 3.22. The second kappa shape index (κ2) is 13.1. The first-order valence-corrected chi connectivity index (χ1v) is 14.4. The fourth-order valence-corrected chi connectivity index (χ4v) is 5.86. The number of halogens is 2. The fraction of sp³-hybridized carbons (Fsp3) is 0.483. The number of hydrogen-bond acceptors (Lipinski definition) is 6. The summed E-state index contributed by atoms with van der Waals surface area (Å²) < 4.78 is 5.46. The third-order valence-corrected chi connectivity index (χ3v) is 8.07. The van der Waals surface area contributed by atoms with Gasteiger partial charge in [-0.1, -0.05) is 65.5 Å². The van der Waals surface area contributed by atoms with Crippen LogP contribution in [0.15, 0.2) is 47.0 Å². The van der Waals surface area contributed by atoms with Crippen molar-refractivity contribution in [1.82, 2.24) is 25.3 Å². The Morgan fingerprint density at radius 3 is 2.42 bits per heavy atom. The van der Waals surface area contributed by atoms with Crippen molar-refractivity contribution in [3.63, 3.8) is 0 Å². The normalized spacial score (nSPS) is 17.8. The van der Waals surface area contributed by atoms with Crippen LogP contribution in [-0.2, 0) is 24.4 Å². The van der Waals surface area contributed by atoms with E-state index in [0.717, 1.165) is 38.0 Å². The zero-order valence-electron chi connectivity index (χ0n) is 21.7. The van der Waals surface area contributed by atoms with Crippen molar-refractivity contribution >= 4 is 29.1 Å². The van der Waals surface area contributed by atoms with Gasteiger partial charge in [0.2, 0.25) is 17.6 Å². The molecule has 0 aliphatic carbocycles. The van der Waals surface area contributed by atoms with Gasteiger partial charge < -0.3 is 9.84 Å². The quantitative estimate of drug-likeness (QED) is 0.370. The summed E-state index contributed by atoms with van der Waals surface area (Å²) in [6, 6.07) is 13.9. The molecule has 5 rings (SSSR count). The van der Waals surface area contributed by atoms with E-state index in [1.54, 1.807) is 18.2 Å². The molecular weight excluding hydrogens is 521 g/mol. The molecule has 202 valence electrons. The van der Waals surface area contributed by atoms with Gasteiger partial charge >= 0.3 is 0 Å². The highest BCUT2D eigenvalue weighted by atomic mass is 35.5. The summed E-state index contributed by atoms with van der Waals surface area (Å²) >= 11 is 12.3. The standard InChI is InChI=1S/C29H35Cl2N5O2/c30-24-8-9-25(26(31)17-24)28-33-27(38-34-28)20-36-14-10-23(11-15-36)29(37)32-18-21-6-5-7-22(16-21)19-35-12-3-1-2-4-13-35/h5-9,16-17,23H,1-4,10-15,18-20H2,(H,32,37). The first kappa shape index (κ1) is 27.1. The minimum absolute atomic E-state index is 0.0256. The summed E-state index contributed by atoms with van der Waals surface area (Å²) in [6.45, 7) is 6.11. The summed E-state index contributed by atoms with van der Waals surface area (Å²) in [5.41, 5.74) is 3.18. The Bertz CT molecular complexity index is 1220. The molecule has 0 saturated carbocycles. The van der Waals surface area contributed by atoms with Gasteiger partial charge in [-0.2, -0.15) is 4.98 Å². The number of nitrogens with one attached hydrogen (secondary N) is 1. The van der Waals surface area contributed by atoms with E-state index in [-0.39, 0.29) is 11.8 Å². The van der Waals surface area contributed by atoms with Gasteiger partial charge in [-0.3, -0.25) is 14.6 Å². The van der Waals surface area contributed by atoms with Gasteiger partial charge in [0.15, 0.2) is 0 Å². The third-order valence-electron chi connectivity index (χ3n) is 7.52. The Hall–Kier alpha value is -2.45. The average molecular weight is 557 g/mol. The number of carbonyl (C=O) groups excluding carboxylic acids is 1. The largest absolute Gasteiger partial charge is 0.352 e. The van der Waals surface area contributed by atoms with Crippen LogP contribution in [0.3, 0.4) is 0 Å². The highest BCUT2D eigenvalue weighted by Gasteiger charge is 2.26. The molecule has 2 fully saturated rings. The Labute approximate surface area is 234 Å². The molecule has 3 aromatic rings. The van der Waals surface area contributed by atoms with Crippen molar-refractivity contribution in [2.45, 2.75) is 58.2 Å². The summed E-state index contributed by atoms with van der Waals surface area (Å²) in [5.74, 6) is 1.15. The number of nitrogens with zero attached hydrogens (tertiary/aromatic N) is 4. The van der Waals surface area contributed by atoms with E-state index in [4.69, 9.17) is 27.7 Å². The predicted molar refractivity (Wildman–Crippen MR) is 150 cm³/mol. The highest BCUT2D eigenvalue weighted by Crippen LogP contribution is 2.29. The number of aromatic nitrogens is 2. The Balaban J connectivity index is 1.06. The Kier molecular flexibility index (Phi) is 9.33. The first-order valence-electron chi connectivity index (χ1n) is 13.6. The predicted octanol–water partition coefficient (Wildman–Crippen LogP) is 5.95. The maximum atomic E-state index is 12.9. The summed E-state index contributed by atoms with van der Waals surface area (Å²) in [6.07, 6.45) is 6.90. The number of hydrogen-bond donors (Lipinski definition) is 1. The van der Waals surface area contributed by atoms with Crippen LogP contribution in [0.25, 0.3) is 11.4 Å².